The third kappa shape index (κ3) is 7.01. The zero-order valence-corrected chi connectivity index (χ0v) is 16.9. The molecule has 11 heteroatoms. The molecule has 2 aliphatic heterocycles. The molecule has 170 valence electrons. The first-order chi connectivity index (χ1) is 14.8. The van der Waals surface area contributed by atoms with Gasteiger partial charge in [-0.05, 0) is 18.4 Å². The number of carboxylic acids is 1. The van der Waals surface area contributed by atoms with Crippen LogP contribution in [0.4, 0.5) is 13.2 Å². The summed E-state index contributed by atoms with van der Waals surface area (Å²) in [5.41, 5.74) is 1.16. The summed E-state index contributed by atoms with van der Waals surface area (Å²) in [7, 11) is 0. The van der Waals surface area contributed by atoms with E-state index in [2.05, 4.69) is 45.3 Å². The number of alkyl halides is 3. The van der Waals surface area contributed by atoms with E-state index in [1.165, 1.54) is 5.56 Å². The number of aromatic nitrogens is 3. The van der Waals surface area contributed by atoms with E-state index in [1.54, 1.807) is 12.7 Å². The summed E-state index contributed by atoms with van der Waals surface area (Å²) in [6, 6.07) is 10.6. The maximum atomic E-state index is 10.6. The second-order valence-corrected chi connectivity index (χ2v) is 7.63. The minimum absolute atomic E-state index is 0.184. The molecule has 0 amide bonds. The number of hydrogen-bond donors (Lipinski definition) is 1. The highest BCUT2D eigenvalue weighted by atomic mass is 19.4. The molecule has 2 aliphatic rings. The third-order valence-electron chi connectivity index (χ3n) is 5.12. The Kier molecular flexibility index (Phi) is 7.63. The molecule has 1 aromatic heterocycles. The average molecular weight is 442 g/mol. The second kappa shape index (κ2) is 10.2. The van der Waals surface area contributed by atoms with E-state index in [-0.39, 0.29) is 11.7 Å². The van der Waals surface area contributed by atoms with Crippen LogP contribution in [0.1, 0.15) is 18.4 Å². The Morgan fingerprint density at radius 2 is 2.03 bits per heavy atom. The van der Waals surface area contributed by atoms with Crippen LogP contribution in [0.3, 0.4) is 0 Å². The molecule has 2 unspecified atom stereocenters. The summed E-state index contributed by atoms with van der Waals surface area (Å²) in [4.78, 5) is 15.4. The Bertz CT molecular complexity index is 820. The number of nitrogens with zero attached hydrogens (tertiary/aromatic N) is 4. The highest BCUT2D eigenvalue weighted by Crippen LogP contribution is 2.34. The number of ether oxygens (including phenoxy) is 2. The van der Waals surface area contributed by atoms with Crippen molar-refractivity contribution >= 4 is 5.97 Å². The highest BCUT2D eigenvalue weighted by molar-refractivity contribution is 5.73. The standard InChI is InChI=1S/C18H24N4O2.C2HF3O2/c1-2-4-16(5-3-1)10-21-8-9-23-13-18(12-21)7-6-17(24-18)11-22-15-19-14-20-22;3-2(4,5)1(6)7/h1-5,14-15,17H,6-13H2;(H,6,7). The van der Waals surface area contributed by atoms with Gasteiger partial charge in [0.2, 0.25) is 0 Å². The van der Waals surface area contributed by atoms with Crippen LogP contribution in [0, 0.1) is 0 Å². The summed E-state index contributed by atoms with van der Waals surface area (Å²) in [6.45, 7) is 5.05. The molecule has 2 saturated heterocycles. The van der Waals surface area contributed by atoms with Crippen LogP contribution >= 0.6 is 0 Å². The number of carbonyl (C=O) groups is 1. The Morgan fingerprint density at radius 3 is 2.68 bits per heavy atom. The number of carboxylic acid groups (broad SMARTS) is 1. The molecule has 1 N–H and O–H groups in total. The van der Waals surface area contributed by atoms with E-state index < -0.39 is 12.1 Å². The van der Waals surface area contributed by atoms with E-state index in [0.717, 1.165) is 45.6 Å². The lowest BCUT2D eigenvalue weighted by molar-refractivity contribution is -0.192. The largest absolute Gasteiger partial charge is 0.490 e. The van der Waals surface area contributed by atoms with Crippen molar-refractivity contribution in [1.82, 2.24) is 19.7 Å². The van der Waals surface area contributed by atoms with Gasteiger partial charge in [-0.2, -0.15) is 18.3 Å². The number of benzene rings is 1. The molecule has 0 radical (unpaired) electrons. The van der Waals surface area contributed by atoms with Crippen molar-refractivity contribution in [3.05, 3.63) is 48.5 Å². The number of hydrogen-bond acceptors (Lipinski definition) is 6. The molecular weight excluding hydrogens is 417 g/mol. The molecule has 2 atom stereocenters. The number of rotatable bonds is 4. The Labute approximate surface area is 177 Å². The lowest BCUT2D eigenvalue weighted by Crippen LogP contribution is -2.44. The predicted octanol–water partition coefficient (Wildman–Crippen LogP) is 2.36. The molecule has 8 nitrogen and oxygen atoms in total. The van der Waals surface area contributed by atoms with E-state index >= 15 is 0 Å². The van der Waals surface area contributed by atoms with Crippen molar-refractivity contribution in [2.45, 2.75) is 43.8 Å². The van der Waals surface area contributed by atoms with Crippen LogP contribution in [-0.2, 0) is 27.4 Å². The lowest BCUT2D eigenvalue weighted by Gasteiger charge is -2.32. The van der Waals surface area contributed by atoms with Crippen molar-refractivity contribution < 1.29 is 32.5 Å². The van der Waals surface area contributed by atoms with Gasteiger partial charge in [-0.3, -0.25) is 9.58 Å². The molecule has 31 heavy (non-hydrogen) atoms. The molecule has 2 fully saturated rings. The van der Waals surface area contributed by atoms with E-state index in [1.807, 2.05) is 4.68 Å². The summed E-state index contributed by atoms with van der Waals surface area (Å²) in [5.74, 6) is -2.76. The van der Waals surface area contributed by atoms with Crippen LogP contribution in [0.2, 0.25) is 0 Å². The van der Waals surface area contributed by atoms with Crippen LogP contribution in [0.5, 0.6) is 0 Å². The van der Waals surface area contributed by atoms with Gasteiger partial charge >= 0.3 is 12.1 Å². The van der Waals surface area contributed by atoms with Crippen LogP contribution < -0.4 is 0 Å². The molecule has 1 spiro atoms. The Hall–Kier alpha value is -2.50. The SMILES string of the molecule is O=C(O)C(F)(F)F.c1ccc(CN2CCOCC3(CCC(Cn4cncn4)O3)C2)cc1. The van der Waals surface area contributed by atoms with Crippen molar-refractivity contribution in [2.75, 3.05) is 26.3 Å². The zero-order valence-electron chi connectivity index (χ0n) is 16.9. The zero-order chi connectivity index (χ0) is 22.3. The molecule has 0 aliphatic carbocycles. The van der Waals surface area contributed by atoms with Gasteiger partial charge in [0.1, 0.15) is 18.3 Å². The second-order valence-electron chi connectivity index (χ2n) is 7.63. The van der Waals surface area contributed by atoms with E-state index in [9.17, 15) is 13.2 Å². The molecule has 1 aromatic carbocycles. The smallest absolute Gasteiger partial charge is 0.475 e. The van der Waals surface area contributed by atoms with E-state index in [0.29, 0.717) is 6.61 Å². The Morgan fingerprint density at radius 1 is 1.29 bits per heavy atom. The summed E-state index contributed by atoms with van der Waals surface area (Å²) in [5, 5.41) is 11.3. The maximum absolute atomic E-state index is 10.6. The summed E-state index contributed by atoms with van der Waals surface area (Å²) in [6.07, 6.45) is 0.507. The lowest BCUT2D eigenvalue weighted by atomic mass is 10.00. The van der Waals surface area contributed by atoms with Crippen molar-refractivity contribution in [3.63, 3.8) is 0 Å². The minimum atomic E-state index is -5.08. The topological polar surface area (TPSA) is 89.7 Å². The van der Waals surface area contributed by atoms with Gasteiger partial charge in [-0.1, -0.05) is 30.3 Å². The third-order valence-corrected chi connectivity index (χ3v) is 5.12. The van der Waals surface area contributed by atoms with Gasteiger partial charge in [-0.25, -0.2) is 9.78 Å². The fourth-order valence-corrected chi connectivity index (χ4v) is 3.74. The average Bonchev–Trinajstić information content (AvgIpc) is 3.31. The van der Waals surface area contributed by atoms with Crippen molar-refractivity contribution in [2.24, 2.45) is 0 Å². The van der Waals surface area contributed by atoms with Crippen LogP contribution in [0.15, 0.2) is 43.0 Å². The van der Waals surface area contributed by atoms with Crippen LogP contribution in [0.25, 0.3) is 0 Å². The minimum Gasteiger partial charge on any atom is -0.475 e. The maximum Gasteiger partial charge on any atom is 0.490 e. The fourth-order valence-electron chi connectivity index (χ4n) is 3.74. The molecule has 0 bridgehead atoms. The van der Waals surface area contributed by atoms with Crippen molar-refractivity contribution in [3.8, 4) is 0 Å². The normalized spacial score (nSPS) is 24.4. The summed E-state index contributed by atoms with van der Waals surface area (Å²) < 4.78 is 45.9. The van der Waals surface area contributed by atoms with Crippen LogP contribution in [-0.4, -0.2) is 74.9 Å². The van der Waals surface area contributed by atoms with Gasteiger partial charge in [0.05, 0.1) is 25.9 Å². The Balaban J connectivity index is 0.000000339. The molecule has 4 rings (SSSR count). The molecule has 3 heterocycles. The predicted molar refractivity (Wildman–Crippen MR) is 103 cm³/mol. The van der Waals surface area contributed by atoms with E-state index in [4.69, 9.17) is 19.4 Å². The van der Waals surface area contributed by atoms with Gasteiger partial charge in [0, 0.05) is 19.6 Å². The number of halogens is 3. The highest BCUT2D eigenvalue weighted by Gasteiger charge is 2.43. The van der Waals surface area contributed by atoms with Gasteiger partial charge < -0.3 is 14.6 Å². The first-order valence-electron chi connectivity index (χ1n) is 9.90. The molecular formula is C20H25F3N4O4. The molecule has 2 aromatic rings. The first-order valence-corrected chi connectivity index (χ1v) is 9.90. The summed E-state index contributed by atoms with van der Waals surface area (Å²) >= 11 is 0. The van der Waals surface area contributed by atoms with Crippen molar-refractivity contribution in [1.29, 1.82) is 0 Å². The fraction of sp³-hybridized carbons (Fsp3) is 0.550. The monoisotopic (exact) mass is 442 g/mol. The first kappa shape index (κ1) is 23.2. The van der Waals surface area contributed by atoms with Gasteiger partial charge in [0.15, 0.2) is 0 Å². The molecule has 0 saturated carbocycles. The van der Waals surface area contributed by atoms with Gasteiger partial charge in [0.25, 0.3) is 0 Å². The quantitative estimate of drug-likeness (QED) is 0.778. The van der Waals surface area contributed by atoms with Gasteiger partial charge in [-0.15, -0.1) is 0 Å². The number of aliphatic carboxylic acids is 1.